The van der Waals surface area contributed by atoms with Gasteiger partial charge in [-0.3, -0.25) is 14.5 Å². The Bertz CT molecular complexity index is 694. The number of esters is 1. The van der Waals surface area contributed by atoms with E-state index in [1.807, 2.05) is 24.3 Å². The van der Waals surface area contributed by atoms with Crippen LogP contribution in [0.5, 0.6) is 0 Å². The van der Waals surface area contributed by atoms with Crippen molar-refractivity contribution in [2.24, 2.45) is 0 Å². The molecule has 2 aliphatic rings. The molecule has 6 nitrogen and oxygen atoms in total. The Balaban J connectivity index is 1.85. The number of carbonyl (C=O) groups is 3. The molecule has 0 saturated heterocycles. The molecular weight excluding hydrogens is 320 g/mol. The molecule has 1 heterocycles. The van der Waals surface area contributed by atoms with Gasteiger partial charge in [-0.25, -0.2) is 4.79 Å². The van der Waals surface area contributed by atoms with Crippen LogP contribution in [0.25, 0.3) is 0 Å². The van der Waals surface area contributed by atoms with Crippen molar-refractivity contribution in [1.82, 2.24) is 5.32 Å². The summed E-state index contributed by atoms with van der Waals surface area (Å²) in [5.41, 5.74) is 0.765. The van der Waals surface area contributed by atoms with Gasteiger partial charge in [0.2, 0.25) is 11.8 Å². The number of para-hydroxylation sites is 1. The van der Waals surface area contributed by atoms with E-state index >= 15 is 0 Å². The number of anilines is 1. The second-order valence-corrected chi connectivity index (χ2v) is 6.86. The molecular formula is C19H24N2O4. The third-order valence-electron chi connectivity index (χ3n) is 5.26. The van der Waals surface area contributed by atoms with Gasteiger partial charge in [-0.2, -0.15) is 0 Å². The van der Waals surface area contributed by atoms with E-state index in [9.17, 15) is 14.4 Å². The van der Waals surface area contributed by atoms with Gasteiger partial charge in [0.25, 0.3) is 0 Å². The highest BCUT2D eigenvalue weighted by Gasteiger charge is 2.45. The van der Waals surface area contributed by atoms with E-state index < -0.39 is 17.6 Å². The monoisotopic (exact) mass is 344 g/mol. The predicted molar refractivity (Wildman–Crippen MR) is 93.1 cm³/mol. The first kappa shape index (κ1) is 17.5. The Morgan fingerprint density at radius 1 is 1.16 bits per heavy atom. The van der Waals surface area contributed by atoms with Crippen molar-refractivity contribution in [2.75, 3.05) is 12.0 Å². The van der Waals surface area contributed by atoms with Crippen molar-refractivity contribution < 1.29 is 19.1 Å². The molecule has 1 saturated carbocycles. The lowest BCUT2D eigenvalue weighted by Gasteiger charge is -2.36. The first-order valence-corrected chi connectivity index (χ1v) is 8.77. The van der Waals surface area contributed by atoms with E-state index in [-0.39, 0.29) is 11.8 Å². The van der Waals surface area contributed by atoms with E-state index in [0.717, 1.165) is 30.5 Å². The molecule has 3 rings (SSSR count). The molecule has 134 valence electrons. The lowest BCUT2D eigenvalue weighted by Crippen LogP contribution is -2.60. The fraction of sp³-hybridized carbons (Fsp3) is 0.526. The summed E-state index contributed by atoms with van der Waals surface area (Å²) in [4.78, 5) is 39.0. The van der Waals surface area contributed by atoms with Gasteiger partial charge in [0.05, 0.1) is 7.11 Å². The summed E-state index contributed by atoms with van der Waals surface area (Å²) in [6.45, 7) is 1.46. The zero-order valence-corrected chi connectivity index (χ0v) is 14.7. The number of fused-ring (bicyclic) bond motifs is 1. The molecule has 1 N–H and O–H groups in total. The lowest BCUT2D eigenvalue weighted by molar-refractivity contribution is -0.152. The minimum atomic E-state index is -0.971. The molecule has 0 bridgehead atoms. The molecule has 0 unspecified atom stereocenters. The van der Waals surface area contributed by atoms with Gasteiger partial charge in [-0.1, -0.05) is 37.5 Å². The van der Waals surface area contributed by atoms with Gasteiger partial charge in [-0.05, 0) is 24.5 Å². The topological polar surface area (TPSA) is 75.7 Å². The lowest BCUT2D eigenvalue weighted by atomic mass is 9.81. The summed E-state index contributed by atoms with van der Waals surface area (Å²) < 4.78 is 4.96. The predicted octanol–water partition coefficient (Wildman–Crippen LogP) is 1.96. The summed E-state index contributed by atoms with van der Waals surface area (Å²) in [7, 11) is 1.35. The maximum atomic E-state index is 13.0. The van der Waals surface area contributed by atoms with Crippen LogP contribution in [0.2, 0.25) is 0 Å². The number of ether oxygens (including phenoxy) is 1. The van der Waals surface area contributed by atoms with Crippen LogP contribution in [0.15, 0.2) is 24.3 Å². The highest BCUT2D eigenvalue weighted by molar-refractivity contribution is 6.03. The normalized spacial score (nSPS) is 21.4. The van der Waals surface area contributed by atoms with Crippen LogP contribution in [-0.2, 0) is 25.5 Å². The summed E-state index contributed by atoms with van der Waals surface area (Å²) >= 11 is 0. The van der Waals surface area contributed by atoms with E-state index in [2.05, 4.69) is 5.32 Å². The van der Waals surface area contributed by atoms with E-state index in [1.54, 1.807) is 0 Å². The van der Waals surface area contributed by atoms with Gasteiger partial charge in [-0.15, -0.1) is 0 Å². The molecule has 1 aliphatic heterocycles. The number of benzene rings is 1. The Morgan fingerprint density at radius 2 is 1.84 bits per heavy atom. The molecule has 0 spiro atoms. The first-order chi connectivity index (χ1) is 12.0. The minimum absolute atomic E-state index is 0.180. The third-order valence-corrected chi connectivity index (χ3v) is 5.26. The van der Waals surface area contributed by atoms with Gasteiger partial charge < -0.3 is 10.1 Å². The van der Waals surface area contributed by atoms with Crippen molar-refractivity contribution in [2.45, 2.75) is 57.0 Å². The van der Waals surface area contributed by atoms with Crippen molar-refractivity contribution >= 4 is 23.5 Å². The molecule has 0 aromatic heterocycles. The van der Waals surface area contributed by atoms with Crippen LogP contribution in [-0.4, -0.2) is 36.5 Å². The SMILES string of the molecule is COC(=O)C1(NC(=O)[C@@H]2Cc3ccccc3N2C(C)=O)CCCCC1. The summed E-state index contributed by atoms with van der Waals surface area (Å²) in [5, 5.41) is 2.94. The van der Waals surface area contributed by atoms with Gasteiger partial charge >= 0.3 is 5.97 Å². The maximum absolute atomic E-state index is 13.0. The molecule has 2 amide bonds. The average Bonchev–Trinajstić information content (AvgIpc) is 3.01. The Labute approximate surface area is 147 Å². The molecule has 1 aliphatic carbocycles. The fourth-order valence-corrected chi connectivity index (χ4v) is 4.03. The fourth-order valence-electron chi connectivity index (χ4n) is 4.03. The van der Waals surface area contributed by atoms with Crippen LogP contribution >= 0.6 is 0 Å². The summed E-state index contributed by atoms with van der Waals surface area (Å²) in [5.74, 6) is -0.870. The number of methoxy groups -OCH3 is 1. The largest absolute Gasteiger partial charge is 0.467 e. The van der Waals surface area contributed by atoms with Gasteiger partial charge in [0.15, 0.2) is 0 Å². The number of nitrogens with zero attached hydrogens (tertiary/aromatic N) is 1. The zero-order valence-electron chi connectivity index (χ0n) is 14.7. The quantitative estimate of drug-likeness (QED) is 0.851. The standard InChI is InChI=1S/C19H24N2O4/c1-13(22)21-15-9-5-4-8-14(15)12-16(21)17(23)20-19(18(24)25-2)10-6-3-7-11-19/h4-5,8-9,16H,3,6-7,10-12H2,1-2H3,(H,20,23)/t16-/m0/s1. The van der Waals surface area contributed by atoms with Crippen LogP contribution in [0.3, 0.4) is 0 Å². The summed E-state index contributed by atoms with van der Waals surface area (Å²) in [6.07, 6.45) is 4.39. The molecule has 1 aromatic carbocycles. The maximum Gasteiger partial charge on any atom is 0.331 e. The molecule has 6 heteroatoms. The molecule has 1 aromatic rings. The van der Waals surface area contributed by atoms with Crippen LogP contribution in [0.1, 0.15) is 44.6 Å². The highest BCUT2D eigenvalue weighted by atomic mass is 16.5. The van der Waals surface area contributed by atoms with Gasteiger partial charge in [0, 0.05) is 19.0 Å². The Morgan fingerprint density at radius 3 is 2.48 bits per heavy atom. The van der Waals surface area contributed by atoms with Crippen molar-refractivity contribution in [1.29, 1.82) is 0 Å². The highest BCUT2D eigenvalue weighted by Crippen LogP contribution is 2.34. The number of hydrogen-bond donors (Lipinski definition) is 1. The number of nitrogens with one attached hydrogen (secondary N) is 1. The van der Waals surface area contributed by atoms with Crippen LogP contribution < -0.4 is 10.2 Å². The second-order valence-electron chi connectivity index (χ2n) is 6.86. The summed E-state index contributed by atoms with van der Waals surface area (Å²) in [6, 6.07) is 6.90. The van der Waals surface area contributed by atoms with Crippen LogP contribution in [0, 0.1) is 0 Å². The van der Waals surface area contributed by atoms with E-state index in [4.69, 9.17) is 4.74 Å². The Kier molecular flexibility index (Phi) is 4.79. The number of amides is 2. The average molecular weight is 344 g/mol. The van der Waals surface area contributed by atoms with E-state index in [1.165, 1.54) is 18.9 Å². The number of carbonyl (C=O) groups excluding carboxylic acids is 3. The van der Waals surface area contributed by atoms with Crippen molar-refractivity contribution in [3.63, 3.8) is 0 Å². The minimum Gasteiger partial charge on any atom is -0.467 e. The smallest absolute Gasteiger partial charge is 0.331 e. The molecule has 0 radical (unpaired) electrons. The molecule has 25 heavy (non-hydrogen) atoms. The number of rotatable bonds is 3. The van der Waals surface area contributed by atoms with Crippen molar-refractivity contribution in [3.05, 3.63) is 29.8 Å². The zero-order chi connectivity index (χ0) is 18.0. The molecule has 1 fully saturated rings. The van der Waals surface area contributed by atoms with Crippen LogP contribution in [0.4, 0.5) is 5.69 Å². The van der Waals surface area contributed by atoms with Gasteiger partial charge in [0.1, 0.15) is 11.6 Å². The van der Waals surface area contributed by atoms with Crippen molar-refractivity contribution in [3.8, 4) is 0 Å². The third kappa shape index (κ3) is 3.13. The number of hydrogen-bond acceptors (Lipinski definition) is 4. The molecule has 1 atom stereocenters. The second kappa shape index (κ2) is 6.86. The van der Waals surface area contributed by atoms with E-state index in [0.29, 0.717) is 19.3 Å². The Hall–Kier alpha value is -2.37. The first-order valence-electron chi connectivity index (χ1n) is 8.77.